The molecule has 4 rings (SSSR count). The van der Waals surface area contributed by atoms with Crippen LogP contribution in [0.15, 0.2) is 42.5 Å². The van der Waals surface area contributed by atoms with Gasteiger partial charge in [0.25, 0.3) is 0 Å². The third-order valence-corrected chi connectivity index (χ3v) is 5.98. The quantitative estimate of drug-likeness (QED) is 0.746. The van der Waals surface area contributed by atoms with Crippen molar-refractivity contribution < 1.29 is 4.79 Å². The minimum atomic E-state index is -0.0176. The molecule has 2 saturated heterocycles. The van der Waals surface area contributed by atoms with Gasteiger partial charge in [0.15, 0.2) is 0 Å². The number of anilines is 1. The fourth-order valence-corrected chi connectivity index (χ4v) is 4.68. The van der Waals surface area contributed by atoms with E-state index < -0.39 is 0 Å². The molecule has 0 bridgehead atoms. The number of rotatable bonds is 3. The average molecular weight is 389 g/mol. The lowest BCUT2D eigenvalue weighted by Crippen LogP contribution is -2.40. The van der Waals surface area contributed by atoms with Crippen LogP contribution < -0.4 is 4.90 Å². The molecule has 0 aliphatic carbocycles. The number of carbonyl (C=O) groups excluding carboxylic acids is 1. The van der Waals surface area contributed by atoms with Crippen molar-refractivity contribution in [2.45, 2.75) is 31.7 Å². The summed E-state index contributed by atoms with van der Waals surface area (Å²) in [6.07, 6.45) is 1.92. The molecule has 2 aromatic carbocycles. The van der Waals surface area contributed by atoms with Crippen molar-refractivity contribution in [2.24, 2.45) is 0 Å². The van der Waals surface area contributed by atoms with Crippen molar-refractivity contribution in [3.05, 3.63) is 63.6 Å². The first-order chi connectivity index (χ1) is 12.5. The van der Waals surface area contributed by atoms with Crippen LogP contribution in [0.2, 0.25) is 10.0 Å². The van der Waals surface area contributed by atoms with Crippen LogP contribution in [0.1, 0.15) is 29.9 Å². The zero-order valence-corrected chi connectivity index (χ0v) is 16.3. The normalized spacial score (nSPS) is 23.8. The predicted molar refractivity (Wildman–Crippen MR) is 107 cm³/mol. The maximum Gasteiger partial charge on any atom is 0.244 e. The second-order valence-electron chi connectivity index (χ2n) is 7.31. The summed E-state index contributed by atoms with van der Waals surface area (Å²) in [5.74, 6) is 0.603. The Hall–Kier alpha value is -1.55. The number of aryl methyl sites for hydroxylation is 1. The van der Waals surface area contributed by atoms with Gasteiger partial charge >= 0.3 is 0 Å². The van der Waals surface area contributed by atoms with E-state index in [0.29, 0.717) is 16.0 Å². The summed E-state index contributed by atoms with van der Waals surface area (Å²) in [6, 6.07) is 13.9. The SMILES string of the molecule is Cc1ccc(N2CCC(N3CCC(c4cc(Cl)cc(Cl)c4)C3)C2=O)cc1. The van der Waals surface area contributed by atoms with Gasteiger partial charge in [-0.15, -0.1) is 0 Å². The van der Waals surface area contributed by atoms with Gasteiger partial charge in [-0.25, -0.2) is 0 Å². The Labute approximate surface area is 164 Å². The highest BCUT2D eigenvalue weighted by atomic mass is 35.5. The molecule has 0 N–H and O–H groups in total. The molecule has 0 saturated carbocycles. The van der Waals surface area contributed by atoms with Gasteiger partial charge in [0.2, 0.25) is 5.91 Å². The van der Waals surface area contributed by atoms with E-state index in [1.807, 2.05) is 29.2 Å². The van der Waals surface area contributed by atoms with E-state index in [9.17, 15) is 4.79 Å². The Balaban J connectivity index is 1.46. The highest BCUT2D eigenvalue weighted by Crippen LogP contribution is 2.34. The molecule has 3 nitrogen and oxygen atoms in total. The first-order valence-electron chi connectivity index (χ1n) is 9.09. The van der Waals surface area contributed by atoms with Crippen molar-refractivity contribution in [1.29, 1.82) is 0 Å². The highest BCUT2D eigenvalue weighted by Gasteiger charge is 2.39. The molecular weight excluding hydrogens is 367 g/mol. The Bertz CT molecular complexity index is 801. The minimum absolute atomic E-state index is 0.0176. The number of likely N-dealkylation sites (tertiary alicyclic amines) is 1. The Morgan fingerprint density at radius 1 is 0.962 bits per heavy atom. The van der Waals surface area contributed by atoms with Gasteiger partial charge in [0, 0.05) is 28.8 Å². The summed E-state index contributed by atoms with van der Waals surface area (Å²) in [7, 11) is 0. The molecule has 2 atom stereocenters. The third-order valence-electron chi connectivity index (χ3n) is 5.54. The molecule has 2 heterocycles. The number of nitrogens with zero attached hydrogens (tertiary/aromatic N) is 2. The van der Waals surface area contributed by atoms with Crippen LogP contribution in [0, 0.1) is 6.92 Å². The van der Waals surface area contributed by atoms with Crippen LogP contribution in [0.3, 0.4) is 0 Å². The molecule has 2 aliphatic rings. The van der Waals surface area contributed by atoms with E-state index in [2.05, 4.69) is 24.0 Å². The van der Waals surface area contributed by atoms with Crippen molar-refractivity contribution in [1.82, 2.24) is 4.90 Å². The van der Waals surface area contributed by atoms with Gasteiger partial charge in [-0.2, -0.15) is 0 Å². The Morgan fingerprint density at radius 2 is 1.65 bits per heavy atom. The molecular formula is C21H22Cl2N2O. The van der Waals surface area contributed by atoms with Gasteiger partial charge in [-0.3, -0.25) is 9.69 Å². The van der Waals surface area contributed by atoms with Crippen LogP contribution in [0.25, 0.3) is 0 Å². The largest absolute Gasteiger partial charge is 0.311 e. The lowest BCUT2D eigenvalue weighted by Gasteiger charge is -2.23. The molecule has 1 amide bonds. The van der Waals surface area contributed by atoms with Crippen LogP contribution in [0.5, 0.6) is 0 Å². The maximum absolute atomic E-state index is 13.0. The fourth-order valence-electron chi connectivity index (χ4n) is 4.14. The number of hydrogen-bond donors (Lipinski definition) is 0. The molecule has 0 radical (unpaired) electrons. The third kappa shape index (κ3) is 3.48. The smallest absolute Gasteiger partial charge is 0.244 e. The number of hydrogen-bond acceptors (Lipinski definition) is 2. The van der Waals surface area contributed by atoms with Gasteiger partial charge in [-0.05, 0) is 68.1 Å². The van der Waals surface area contributed by atoms with E-state index in [4.69, 9.17) is 23.2 Å². The minimum Gasteiger partial charge on any atom is -0.311 e. The molecule has 0 aromatic heterocycles. The number of carbonyl (C=O) groups is 1. The number of amides is 1. The topological polar surface area (TPSA) is 23.6 Å². The second kappa shape index (κ2) is 7.22. The van der Waals surface area contributed by atoms with Gasteiger partial charge < -0.3 is 4.90 Å². The Morgan fingerprint density at radius 3 is 2.35 bits per heavy atom. The monoisotopic (exact) mass is 388 g/mol. The molecule has 2 fully saturated rings. The highest BCUT2D eigenvalue weighted by molar-refractivity contribution is 6.34. The molecule has 2 unspecified atom stereocenters. The Kier molecular flexibility index (Phi) is 4.96. The summed E-state index contributed by atoms with van der Waals surface area (Å²) in [6.45, 7) is 4.67. The van der Waals surface area contributed by atoms with E-state index >= 15 is 0 Å². The summed E-state index contributed by atoms with van der Waals surface area (Å²) < 4.78 is 0. The second-order valence-corrected chi connectivity index (χ2v) is 8.19. The number of benzene rings is 2. The van der Waals surface area contributed by atoms with E-state index in [-0.39, 0.29) is 11.9 Å². The summed E-state index contributed by atoms with van der Waals surface area (Å²) in [5, 5.41) is 1.35. The van der Waals surface area contributed by atoms with Crippen LogP contribution >= 0.6 is 23.2 Å². The summed E-state index contributed by atoms with van der Waals surface area (Å²) >= 11 is 12.3. The first kappa shape index (κ1) is 17.8. The average Bonchev–Trinajstić information content (AvgIpc) is 3.22. The fraction of sp³-hybridized carbons (Fsp3) is 0.381. The van der Waals surface area contributed by atoms with Gasteiger partial charge in [0.1, 0.15) is 0 Å². The molecule has 2 aromatic rings. The van der Waals surface area contributed by atoms with E-state index in [0.717, 1.165) is 38.2 Å². The maximum atomic E-state index is 13.0. The zero-order valence-electron chi connectivity index (χ0n) is 14.8. The summed E-state index contributed by atoms with van der Waals surface area (Å²) in [4.78, 5) is 17.2. The zero-order chi connectivity index (χ0) is 18.3. The standard InChI is InChI=1S/C21H22Cl2N2O/c1-14-2-4-19(5-3-14)25-9-7-20(21(25)26)24-8-6-15(13-24)16-10-17(22)12-18(23)11-16/h2-5,10-12,15,20H,6-9,13H2,1H3. The molecule has 2 aliphatic heterocycles. The molecule has 5 heteroatoms. The lowest BCUT2D eigenvalue weighted by atomic mass is 9.98. The molecule has 136 valence electrons. The van der Waals surface area contributed by atoms with Crippen molar-refractivity contribution in [2.75, 3.05) is 24.5 Å². The van der Waals surface area contributed by atoms with Crippen LogP contribution in [-0.2, 0) is 4.79 Å². The summed E-state index contributed by atoms with van der Waals surface area (Å²) in [5.41, 5.74) is 3.38. The van der Waals surface area contributed by atoms with E-state index in [1.54, 1.807) is 6.07 Å². The van der Waals surface area contributed by atoms with E-state index in [1.165, 1.54) is 11.1 Å². The number of halogens is 2. The van der Waals surface area contributed by atoms with Gasteiger partial charge in [-0.1, -0.05) is 40.9 Å². The van der Waals surface area contributed by atoms with Crippen molar-refractivity contribution in [3.63, 3.8) is 0 Å². The molecule has 26 heavy (non-hydrogen) atoms. The molecule has 0 spiro atoms. The van der Waals surface area contributed by atoms with Crippen LogP contribution in [0.4, 0.5) is 5.69 Å². The first-order valence-corrected chi connectivity index (χ1v) is 9.85. The van der Waals surface area contributed by atoms with Gasteiger partial charge in [0.05, 0.1) is 6.04 Å². The van der Waals surface area contributed by atoms with Crippen molar-refractivity contribution >= 4 is 34.8 Å². The predicted octanol–water partition coefficient (Wildman–Crippen LogP) is 4.90. The van der Waals surface area contributed by atoms with Crippen LogP contribution in [-0.4, -0.2) is 36.5 Å². The van der Waals surface area contributed by atoms with Crippen molar-refractivity contribution in [3.8, 4) is 0 Å². The lowest BCUT2D eigenvalue weighted by molar-refractivity contribution is -0.121.